The smallest absolute Gasteiger partial charge is 0.0360 e. The van der Waals surface area contributed by atoms with Crippen LogP contribution in [-0.2, 0) is 0 Å². The minimum atomic E-state index is 1.01. The van der Waals surface area contributed by atoms with Crippen molar-refractivity contribution in [2.45, 2.75) is 84.0 Å². The summed E-state index contributed by atoms with van der Waals surface area (Å²) in [4.78, 5) is 0. The van der Waals surface area contributed by atoms with E-state index in [1.54, 1.807) is 19.3 Å². The quantitative estimate of drug-likeness (QED) is 0.544. The predicted octanol–water partition coefficient (Wildman–Crippen LogP) is 5.56. The fraction of sp³-hybridized carbons (Fsp3) is 1.00. The molecule has 0 radical (unpaired) electrons. The maximum absolute atomic E-state index is 2.55. The van der Waals surface area contributed by atoms with Gasteiger partial charge in [-0.3, -0.25) is 0 Å². The lowest BCUT2D eigenvalue weighted by atomic mass is 9.71. The molecule has 0 spiro atoms. The van der Waals surface area contributed by atoms with Crippen LogP contribution in [0.5, 0.6) is 0 Å². The van der Waals surface area contributed by atoms with Crippen LogP contribution in [0.2, 0.25) is 0 Å². The Labute approximate surface area is 102 Å². The summed E-state index contributed by atoms with van der Waals surface area (Å²) < 4.78 is 0. The molecule has 0 aromatic heterocycles. The molecule has 0 aromatic carbocycles. The van der Waals surface area contributed by atoms with Gasteiger partial charge in [-0.05, 0) is 24.2 Å². The molecule has 0 heterocycles. The molecule has 0 bridgehead atoms. The van der Waals surface area contributed by atoms with E-state index in [0.29, 0.717) is 0 Å². The predicted molar refractivity (Wildman–Crippen MR) is 71.5 cm³/mol. The highest BCUT2D eigenvalue weighted by molar-refractivity contribution is 4.78. The third kappa shape index (κ3) is 3.50. The minimum absolute atomic E-state index is 1.01. The van der Waals surface area contributed by atoms with Gasteiger partial charge in [-0.25, -0.2) is 0 Å². The van der Waals surface area contributed by atoms with E-state index < -0.39 is 0 Å². The van der Waals surface area contributed by atoms with Gasteiger partial charge in [0.1, 0.15) is 0 Å². The second kappa shape index (κ2) is 6.67. The van der Waals surface area contributed by atoms with E-state index in [9.17, 15) is 0 Å². The highest BCUT2D eigenvalue weighted by Gasteiger charge is 2.27. The summed E-state index contributed by atoms with van der Waals surface area (Å²) in [7, 11) is 0. The SMILES string of the molecule is CC1CCCCCCCC1C1CCCCC1. The first kappa shape index (κ1) is 12.5. The Morgan fingerprint density at radius 3 is 1.81 bits per heavy atom. The molecule has 0 aromatic rings. The standard InChI is InChI=1S/C16H30/c1-14-10-6-3-2-4-9-13-16(14)15-11-7-5-8-12-15/h14-16H,2-13H2,1H3. The van der Waals surface area contributed by atoms with Gasteiger partial charge in [0.2, 0.25) is 0 Å². The van der Waals surface area contributed by atoms with Crippen LogP contribution in [0.15, 0.2) is 0 Å². The molecule has 0 aliphatic heterocycles. The Bertz CT molecular complexity index is 178. The summed E-state index contributed by atoms with van der Waals surface area (Å²) in [6, 6.07) is 0. The molecule has 2 saturated carbocycles. The van der Waals surface area contributed by atoms with Crippen molar-refractivity contribution < 1.29 is 0 Å². The van der Waals surface area contributed by atoms with Gasteiger partial charge in [0.05, 0.1) is 0 Å². The molecule has 2 fully saturated rings. The van der Waals surface area contributed by atoms with Crippen molar-refractivity contribution in [3.63, 3.8) is 0 Å². The normalized spacial score (nSPS) is 35.1. The van der Waals surface area contributed by atoms with E-state index >= 15 is 0 Å². The highest BCUT2D eigenvalue weighted by atomic mass is 14.3. The largest absolute Gasteiger partial charge is 0.0622 e. The lowest BCUT2D eigenvalue weighted by Crippen LogP contribution is -2.24. The van der Waals surface area contributed by atoms with Crippen LogP contribution < -0.4 is 0 Å². The van der Waals surface area contributed by atoms with E-state index in [2.05, 4.69) is 6.92 Å². The molecule has 0 saturated heterocycles. The first-order chi connectivity index (χ1) is 7.88. The average Bonchev–Trinajstić information content (AvgIpc) is 2.43. The van der Waals surface area contributed by atoms with Gasteiger partial charge in [-0.2, -0.15) is 0 Å². The lowest BCUT2D eigenvalue weighted by molar-refractivity contribution is 0.167. The van der Waals surface area contributed by atoms with Crippen LogP contribution >= 0.6 is 0 Å². The first-order valence-electron chi connectivity index (χ1n) is 7.88. The molecular formula is C16H30. The monoisotopic (exact) mass is 222 g/mol. The molecule has 94 valence electrons. The summed E-state index contributed by atoms with van der Waals surface area (Å²) in [5.74, 6) is 3.20. The summed E-state index contributed by atoms with van der Waals surface area (Å²) in [6.45, 7) is 2.55. The summed E-state index contributed by atoms with van der Waals surface area (Å²) >= 11 is 0. The van der Waals surface area contributed by atoms with Crippen molar-refractivity contribution in [3.8, 4) is 0 Å². The molecule has 2 aliphatic carbocycles. The fourth-order valence-corrected chi connectivity index (χ4v) is 4.14. The van der Waals surface area contributed by atoms with Crippen molar-refractivity contribution in [1.82, 2.24) is 0 Å². The number of rotatable bonds is 1. The Kier molecular flexibility index (Phi) is 5.19. The van der Waals surface area contributed by atoms with Crippen molar-refractivity contribution >= 4 is 0 Å². The topological polar surface area (TPSA) is 0 Å². The van der Waals surface area contributed by atoms with Crippen LogP contribution in [0.3, 0.4) is 0 Å². The van der Waals surface area contributed by atoms with Gasteiger partial charge in [0, 0.05) is 0 Å². The van der Waals surface area contributed by atoms with Gasteiger partial charge in [0.15, 0.2) is 0 Å². The van der Waals surface area contributed by atoms with E-state index in [0.717, 1.165) is 17.8 Å². The molecule has 0 heteroatoms. The first-order valence-corrected chi connectivity index (χ1v) is 7.88. The molecule has 16 heavy (non-hydrogen) atoms. The fourth-order valence-electron chi connectivity index (χ4n) is 4.14. The molecule has 2 unspecified atom stereocenters. The molecule has 0 nitrogen and oxygen atoms in total. The molecular weight excluding hydrogens is 192 g/mol. The average molecular weight is 222 g/mol. The Morgan fingerprint density at radius 1 is 0.562 bits per heavy atom. The van der Waals surface area contributed by atoms with Crippen molar-refractivity contribution in [2.24, 2.45) is 17.8 Å². The molecule has 0 N–H and O–H groups in total. The Morgan fingerprint density at radius 2 is 1.06 bits per heavy atom. The Balaban J connectivity index is 1.90. The minimum Gasteiger partial charge on any atom is -0.0622 e. The van der Waals surface area contributed by atoms with E-state index in [1.807, 2.05) is 0 Å². The summed E-state index contributed by atoms with van der Waals surface area (Å²) in [5.41, 5.74) is 0. The van der Waals surface area contributed by atoms with Crippen molar-refractivity contribution in [3.05, 3.63) is 0 Å². The highest BCUT2D eigenvalue weighted by Crippen LogP contribution is 2.39. The van der Waals surface area contributed by atoms with Crippen molar-refractivity contribution in [1.29, 1.82) is 0 Å². The van der Waals surface area contributed by atoms with E-state index in [1.165, 1.54) is 57.8 Å². The van der Waals surface area contributed by atoms with Gasteiger partial charge in [-0.1, -0.05) is 77.6 Å². The number of hydrogen-bond donors (Lipinski definition) is 0. The zero-order valence-corrected chi connectivity index (χ0v) is 11.2. The van der Waals surface area contributed by atoms with Crippen LogP contribution in [0.1, 0.15) is 84.0 Å². The maximum atomic E-state index is 2.55. The van der Waals surface area contributed by atoms with Gasteiger partial charge in [-0.15, -0.1) is 0 Å². The van der Waals surface area contributed by atoms with Gasteiger partial charge in [0.25, 0.3) is 0 Å². The number of hydrogen-bond acceptors (Lipinski definition) is 0. The molecule has 0 amide bonds. The summed E-state index contributed by atoms with van der Waals surface area (Å²) in [5, 5.41) is 0. The molecule has 2 atom stereocenters. The second-order valence-electron chi connectivity index (χ2n) is 6.38. The van der Waals surface area contributed by atoms with Crippen molar-refractivity contribution in [2.75, 3.05) is 0 Å². The van der Waals surface area contributed by atoms with E-state index in [4.69, 9.17) is 0 Å². The lowest BCUT2D eigenvalue weighted by Gasteiger charge is -2.34. The second-order valence-corrected chi connectivity index (χ2v) is 6.38. The Hall–Kier alpha value is 0. The zero-order valence-electron chi connectivity index (χ0n) is 11.2. The third-order valence-corrected chi connectivity index (χ3v) is 5.18. The van der Waals surface area contributed by atoms with E-state index in [-0.39, 0.29) is 0 Å². The molecule has 2 aliphatic rings. The van der Waals surface area contributed by atoms with Crippen LogP contribution in [0, 0.1) is 17.8 Å². The zero-order chi connectivity index (χ0) is 11.2. The third-order valence-electron chi connectivity index (χ3n) is 5.18. The van der Waals surface area contributed by atoms with Crippen LogP contribution in [-0.4, -0.2) is 0 Å². The van der Waals surface area contributed by atoms with Crippen LogP contribution in [0.4, 0.5) is 0 Å². The van der Waals surface area contributed by atoms with Gasteiger partial charge >= 0.3 is 0 Å². The maximum Gasteiger partial charge on any atom is -0.0360 e. The van der Waals surface area contributed by atoms with Crippen LogP contribution in [0.25, 0.3) is 0 Å². The van der Waals surface area contributed by atoms with Gasteiger partial charge < -0.3 is 0 Å². The molecule has 2 rings (SSSR count). The summed E-state index contributed by atoms with van der Waals surface area (Å²) in [6.07, 6.45) is 18.3.